The third-order valence-corrected chi connectivity index (χ3v) is 6.09. The molecule has 3 aliphatic rings. The maximum atomic E-state index is 10.8. The maximum Gasteiger partial charge on any atom is 0.187 e. The zero-order valence-electron chi connectivity index (χ0n) is 17.7. The van der Waals surface area contributed by atoms with E-state index in [4.69, 9.17) is 23.7 Å². The van der Waals surface area contributed by atoms with E-state index in [0.29, 0.717) is 0 Å². The molecule has 200 valence electrons. The summed E-state index contributed by atoms with van der Waals surface area (Å²) in [6.07, 6.45) is -25.4. The van der Waals surface area contributed by atoms with Gasteiger partial charge in [-0.25, -0.2) is 0 Å². The van der Waals surface area contributed by atoms with Gasteiger partial charge in [0.05, 0.1) is 19.8 Å². The minimum Gasteiger partial charge on any atom is -0.394 e. The highest BCUT2D eigenvalue weighted by Gasteiger charge is 2.53. The standard InChI is InChI=1S/C18H32O16/c19-1-4-7(22)9(24)11(26)17(31-4)33-14-6(3-21)30-16(29)15(13(14)28)34-18-12(27)10(25)8(23)5(2-20)32-18/h4-29H,1-3H2/t4-,5-,6-,7-,8-,9+,10+,11-,12-,13+,14-,15-,16?,17?,18?/m1/s1. The Labute approximate surface area is 192 Å². The summed E-state index contributed by atoms with van der Waals surface area (Å²) in [5.74, 6) is 0. The van der Waals surface area contributed by atoms with E-state index >= 15 is 0 Å². The Balaban J connectivity index is 1.76. The molecule has 3 aliphatic heterocycles. The van der Waals surface area contributed by atoms with E-state index in [1.165, 1.54) is 0 Å². The fourth-order valence-electron chi connectivity index (χ4n) is 4.04. The summed E-state index contributed by atoms with van der Waals surface area (Å²) in [6.45, 7) is -2.31. The second kappa shape index (κ2) is 11.6. The van der Waals surface area contributed by atoms with Gasteiger partial charge in [-0.2, -0.15) is 0 Å². The number of aliphatic hydroxyl groups is 11. The fraction of sp³-hybridized carbons (Fsp3) is 1.00. The molecule has 0 spiro atoms. The molecule has 15 atom stereocenters. The Morgan fingerprint density at radius 2 is 0.853 bits per heavy atom. The van der Waals surface area contributed by atoms with Crippen molar-refractivity contribution in [2.24, 2.45) is 0 Å². The highest BCUT2D eigenvalue weighted by atomic mass is 16.8. The van der Waals surface area contributed by atoms with E-state index < -0.39 is 112 Å². The summed E-state index contributed by atoms with van der Waals surface area (Å²) in [5, 5.41) is 109. The predicted molar refractivity (Wildman–Crippen MR) is 101 cm³/mol. The molecule has 0 radical (unpaired) electrons. The van der Waals surface area contributed by atoms with Gasteiger partial charge in [-0.05, 0) is 0 Å². The van der Waals surface area contributed by atoms with Crippen molar-refractivity contribution in [3.05, 3.63) is 0 Å². The Morgan fingerprint density at radius 1 is 0.441 bits per heavy atom. The van der Waals surface area contributed by atoms with Gasteiger partial charge >= 0.3 is 0 Å². The molecule has 3 saturated heterocycles. The highest BCUT2D eigenvalue weighted by molar-refractivity contribution is 4.96. The Bertz CT molecular complexity index is 637. The molecule has 3 heterocycles. The molecule has 0 amide bonds. The van der Waals surface area contributed by atoms with Crippen LogP contribution in [0.2, 0.25) is 0 Å². The minimum absolute atomic E-state index is 0.750. The summed E-state index contributed by atoms with van der Waals surface area (Å²) >= 11 is 0. The molecule has 3 rings (SSSR count). The highest BCUT2D eigenvalue weighted by Crippen LogP contribution is 2.32. The van der Waals surface area contributed by atoms with Gasteiger partial charge in [0.2, 0.25) is 0 Å². The van der Waals surface area contributed by atoms with Crippen molar-refractivity contribution in [3.63, 3.8) is 0 Å². The monoisotopic (exact) mass is 504 g/mol. The lowest BCUT2D eigenvalue weighted by atomic mass is 9.96. The quantitative estimate of drug-likeness (QED) is 0.154. The van der Waals surface area contributed by atoms with Crippen LogP contribution in [0, 0.1) is 0 Å². The Morgan fingerprint density at radius 3 is 1.26 bits per heavy atom. The first-order chi connectivity index (χ1) is 16.0. The van der Waals surface area contributed by atoms with Crippen molar-refractivity contribution >= 4 is 0 Å². The summed E-state index contributed by atoms with van der Waals surface area (Å²) in [4.78, 5) is 0. The lowest BCUT2D eigenvalue weighted by Gasteiger charge is -2.47. The van der Waals surface area contributed by atoms with Gasteiger partial charge < -0.3 is 79.9 Å². The maximum absolute atomic E-state index is 10.8. The molecule has 16 nitrogen and oxygen atoms in total. The van der Waals surface area contributed by atoms with E-state index in [1.807, 2.05) is 0 Å². The molecular formula is C18H32O16. The van der Waals surface area contributed by atoms with Crippen LogP contribution in [0.1, 0.15) is 0 Å². The molecule has 16 heteroatoms. The van der Waals surface area contributed by atoms with Gasteiger partial charge in [-0.15, -0.1) is 0 Å². The Hall–Kier alpha value is -0.640. The molecule has 0 saturated carbocycles. The average molecular weight is 504 g/mol. The smallest absolute Gasteiger partial charge is 0.187 e. The topological polar surface area (TPSA) is 269 Å². The zero-order chi connectivity index (χ0) is 25.3. The summed E-state index contributed by atoms with van der Waals surface area (Å²) in [5.41, 5.74) is 0. The van der Waals surface area contributed by atoms with E-state index in [9.17, 15) is 56.2 Å². The summed E-state index contributed by atoms with van der Waals surface area (Å²) < 4.78 is 26.4. The first kappa shape index (κ1) is 27.9. The molecule has 0 aromatic heterocycles. The van der Waals surface area contributed by atoms with Gasteiger partial charge in [0.15, 0.2) is 18.9 Å². The molecule has 11 N–H and O–H groups in total. The van der Waals surface area contributed by atoms with Crippen molar-refractivity contribution in [3.8, 4) is 0 Å². The van der Waals surface area contributed by atoms with Crippen LogP contribution in [-0.2, 0) is 23.7 Å². The van der Waals surface area contributed by atoms with Crippen LogP contribution in [-0.4, -0.2) is 168 Å². The fourth-order valence-corrected chi connectivity index (χ4v) is 4.04. The van der Waals surface area contributed by atoms with Crippen LogP contribution in [0.25, 0.3) is 0 Å². The largest absolute Gasteiger partial charge is 0.394 e. The summed E-state index contributed by atoms with van der Waals surface area (Å²) in [7, 11) is 0. The SMILES string of the molecule is OC[C@H]1OC(O[C@H]2[C@H](O)[C@@H](OC3O[C@H](CO)[C@@H](O)[C@H](O)[C@H]3O)C(O)O[C@@H]2CO)[C@H](O)[C@@H](O)[C@@H]1O. The van der Waals surface area contributed by atoms with Crippen LogP contribution in [0.3, 0.4) is 0 Å². The molecule has 0 bridgehead atoms. The third-order valence-electron chi connectivity index (χ3n) is 6.09. The van der Waals surface area contributed by atoms with E-state index in [1.54, 1.807) is 0 Å². The Kier molecular flexibility index (Phi) is 9.54. The summed E-state index contributed by atoms with van der Waals surface area (Å²) in [6, 6.07) is 0. The lowest BCUT2D eigenvalue weighted by molar-refractivity contribution is -0.382. The molecule has 0 aromatic rings. The lowest BCUT2D eigenvalue weighted by Crippen LogP contribution is -2.66. The number of hydrogen-bond donors (Lipinski definition) is 11. The van der Waals surface area contributed by atoms with E-state index in [0.717, 1.165) is 0 Å². The zero-order valence-corrected chi connectivity index (χ0v) is 17.7. The minimum atomic E-state index is -1.92. The van der Waals surface area contributed by atoms with Crippen LogP contribution in [0.15, 0.2) is 0 Å². The van der Waals surface area contributed by atoms with Crippen LogP contribution in [0.4, 0.5) is 0 Å². The number of hydrogen-bond acceptors (Lipinski definition) is 16. The molecular weight excluding hydrogens is 472 g/mol. The van der Waals surface area contributed by atoms with Crippen LogP contribution < -0.4 is 0 Å². The molecule has 3 fully saturated rings. The first-order valence-electron chi connectivity index (χ1n) is 10.6. The second-order valence-corrected chi connectivity index (χ2v) is 8.33. The predicted octanol–water partition coefficient (Wildman–Crippen LogP) is -7.57. The molecule has 0 aliphatic carbocycles. The molecule has 0 aromatic carbocycles. The number of aliphatic hydroxyl groups excluding tert-OH is 11. The van der Waals surface area contributed by atoms with E-state index in [-0.39, 0.29) is 0 Å². The average Bonchev–Trinajstić information content (AvgIpc) is 2.82. The van der Waals surface area contributed by atoms with Crippen molar-refractivity contribution < 1.29 is 79.9 Å². The van der Waals surface area contributed by atoms with Gasteiger partial charge in [0.1, 0.15) is 73.2 Å². The van der Waals surface area contributed by atoms with Crippen molar-refractivity contribution in [1.82, 2.24) is 0 Å². The second-order valence-electron chi connectivity index (χ2n) is 8.33. The molecule has 3 unspecified atom stereocenters. The van der Waals surface area contributed by atoms with Crippen molar-refractivity contribution in [2.75, 3.05) is 19.8 Å². The van der Waals surface area contributed by atoms with Crippen molar-refractivity contribution in [2.45, 2.75) is 92.1 Å². The van der Waals surface area contributed by atoms with Gasteiger partial charge in [-0.3, -0.25) is 0 Å². The van der Waals surface area contributed by atoms with Gasteiger partial charge in [-0.1, -0.05) is 0 Å². The number of rotatable bonds is 7. The van der Waals surface area contributed by atoms with Crippen molar-refractivity contribution in [1.29, 1.82) is 0 Å². The third kappa shape index (κ3) is 5.37. The van der Waals surface area contributed by atoms with Crippen LogP contribution in [0.5, 0.6) is 0 Å². The normalized spacial score (nSPS) is 52.5. The number of ether oxygens (including phenoxy) is 5. The van der Waals surface area contributed by atoms with E-state index in [2.05, 4.69) is 0 Å². The first-order valence-corrected chi connectivity index (χ1v) is 10.6. The molecule has 34 heavy (non-hydrogen) atoms. The van der Waals surface area contributed by atoms with Gasteiger partial charge in [0, 0.05) is 0 Å². The van der Waals surface area contributed by atoms with Gasteiger partial charge in [0.25, 0.3) is 0 Å². The van der Waals surface area contributed by atoms with Crippen LogP contribution >= 0.6 is 0 Å².